The minimum atomic E-state index is 0.386. The molecule has 1 aromatic heterocycles. The molecule has 1 heterocycles. The molecule has 1 rings (SSSR count). The summed E-state index contributed by atoms with van der Waals surface area (Å²) >= 11 is 0. The molecule has 0 fully saturated rings. The number of methoxy groups -OCH3 is 1. The largest absolute Gasteiger partial charge is 0.377 e. The van der Waals surface area contributed by atoms with E-state index in [-0.39, 0.29) is 0 Å². The average Bonchev–Trinajstić information content (AvgIpc) is 2.50. The third-order valence-electron chi connectivity index (χ3n) is 1.27. The van der Waals surface area contributed by atoms with Crippen LogP contribution in [0.15, 0.2) is 4.52 Å². The van der Waals surface area contributed by atoms with Crippen LogP contribution in [0.25, 0.3) is 0 Å². The maximum atomic E-state index is 4.87. The molecule has 0 aliphatic carbocycles. The van der Waals surface area contributed by atoms with E-state index in [4.69, 9.17) is 9.26 Å². The molecule has 0 aliphatic heterocycles. The van der Waals surface area contributed by atoms with Crippen molar-refractivity contribution in [2.24, 2.45) is 0 Å². The molecule has 0 aliphatic rings. The van der Waals surface area contributed by atoms with Gasteiger partial charge in [-0.3, -0.25) is 0 Å². The molecular weight excluding hydrogens is 158 g/mol. The van der Waals surface area contributed by atoms with Crippen LogP contribution in [0.3, 0.4) is 0 Å². The molecule has 5 heteroatoms. The monoisotopic (exact) mass is 171 g/mol. The highest BCUT2D eigenvalue weighted by Crippen LogP contribution is 2.03. The molecule has 0 aromatic carbocycles. The van der Waals surface area contributed by atoms with Crippen LogP contribution in [0, 0.1) is 0 Å². The average molecular weight is 171 g/mol. The number of anilines is 1. The Morgan fingerprint density at radius 1 is 1.58 bits per heavy atom. The Morgan fingerprint density at radius 3 is 3.08 bits per heavy atom. The van der Waals surface area contributed by atoms with E-state index in [9.17, 15) is 0 Å². The zero-order chi connectivity index (χ0) is 8.81. The Labute approximate surface area is 71.1 Å². The number of rotatable bonds is 5. The molecule has 5 nitrogen and oxygen atoms in total. The van der Waals surface area contributed by atoms with Crippen molar-refractivity contribution in [3.05, 3.63) is 5.82 Å². The van der Waals surface area contributed by atoms with E-state index in [1.807, 2.05) is 0 Å². The summed E-state index contributed by atoms with van der Waals surface area (Å²) < 4.78 is 9.70. The van der Waals surface area contributed by atoms with Crippen molar-refractivity contribution in [3.63, 3.8) is 0 Å². The van der Waals surface area contributed by atoms with Crippen molar-refractivity contribution in [1.29, 1.82) is 0 Å². The first-order valence-electron chi connectivity index (χ1n) is 3.92. The maximum Gasteiger partial charge on any atom is 0.321 e. The molecule has 12 heavy (non-hydrogen) atoms. The smallest absolute Gasteiger partial charge is 0.321 e. The van der Waals surface area contributed by atoms with E-state index < -0.39 is 0 Å². The van der Waals surface area contributed by atoms with Crippen molar-refractivity contribution in [3.8, 4) is 0 Å². The Balaban J connectivity index is 2.41. The molecule has 68 valence electrons. The lowest BCUT2D eigenvalue weighted by atomic mass is 10.5. The van der Waals surface area contributed by atoms with Gasteiger partial charge in [0, 0.05) is 13.7 Å². The lowest BCUT2D eigenvalue weighted by Crippen LogP contribution is -1.99. The van der Waals surface area contributed by atoms with Crippen LogP contribution >= 0.6 is 0 Å². The van der Waals surface area contributed by atoms with Crippen molar-refractivity contribution in [2.45, 2.75) is 20.0 Å². The minimum absolute atomic E-state index is 0.386. The SMILES string of the molecule is CCCNc1nc(COC)no1. The third kappa shape index (κ3) is 2.50. The number of nitrogens with one attached hydrogen (secondary N) is 1. The van der Waals surface area contributed by atoms with Gasteiger partial charge in [-0.1, -0.05) is 12.1 Å². The lowest BCUT2D eigenvalue weighted by molar-refractivity contribution is 0.174. The maximum absolute atomic E-state index is 4.87. The van der Waals surface area contributed by atoms with Gasteiger partial charge in [0.15, 0.2) is 5.82 Å². The zero-order valence-corrected chi connectivity index (χ0v) is 7.33. The number of nitrogens with zero attached hydrogens (tertiary/aromatic N) is 2. The fraction of sp³-hybridized carbons (Fsp3) is 0.714. The second-order valence-corrected chi connectivity index (χ2v) is 2.38. The molecule has 1 aromatic rings. The summed E-state index contributed by atoms with van der Waals surface area (Å²) in [6.07, 6.45) is 1.03. The van der Waals surface area contributed by atoms with Crippen LogP contribution in [0.2, 0.25) is 0 Å². The van der Waals surface area contributed by atoms with Crippen LogP contribution < -0.4 is 5.32 Å². The lowest BCUT2D eigenvalue weighted by Gasteiger charge is -1.93. The standard InChI is InChI=1S/C7H13N3O2/c1-3-4-8-7-9-6(5-11-2)10-12-7/h3-5H2,1-2H3,(H,8,9,10). The van der Waals surface area contributed by atoms with Gasteiger partial charge in [0.1, 0.15) is 6.61 Å². The summed E-state index contributed by atoms with van der Waals surface area (Å²) in [7, 11) is 1.59. The van der Waals surface area contributed by atoms with Gasteiger partial charge in [-0.2, -0.15) is 4.98 Å². The van der Waals surface area contributed by atoms with Gasteiger partial charge in [-0.15, -0.1) is 0 Å². The molecule has 0 saturated heterocycles. The Morgan fingerprint density at radius 2 is 2.42 bits per heavy atom. The van der Waals surface area contributed by atoms with Crippen LogP contribution in [0.5, 0.6) is 0 Å². The minimum Gasteiger partial charge on any atom is -0.377 e. The summed E-state index contributed by atoms with van der Waals surface area (Å²) in [6, 6.07) is 0.462. The van der Waals surface area contributed by atoms with Gasteiger partial charge in [0.05, 0.1) is 0 Å². The van der Waals surface area contributed by atoms with Crippen molar-refractivity contribution in [2.75, 3.05) is 19.0 Å². The van der Waals surface area contributed by atoms with Crippen LogP contribution in [-0.2, 0) is 11.3 Å². The highest BCUT2D eigenvalue weighted by atomic mass is 16.5. The van der Waals surface area contributed by atoms with Crippen LogP contribution in [0.1, 0.15) is 19.2 Å². The summed E-state index contributed by atoms with van der Waals surface area (Å²) in [4.78, 5) is 4.02. The third-order valence-corrected chi connectivity index (χ3v) is 1.27. The van der Waals surface area contributed by atoms with Crippen molar-refractivity contribution >= 4 is 6.01 Å². The molecule has 1 N–H and O–H groups in total. The predicted octanol–water partition coefficient (Wildman–Crippen LogP) is 1.04. The van der Waals surface area contributed by atoms with E-state index in [0.29, 0.717) is 18.4 Å². The van der Waals surface area contributed by atoms with Gasteiger partial charge in [-0.05, 0) is 6.42 Å². The number of ether oxygens (including phenoxy) is 1. The quantitative estimate of drug-likeness (QED) is 0.717. The van der Waals surface area contributed by atoms with E-state index in [2.05, 4.69) is 22.4 Å². The Hall–Kier alpha value is -1.10. The molecule has 0 amide bonds. The molecular formula is C7H13N3O2. The van der Waals surface area contributed by atoms with E-state index in [1.54, 1.807) is 7.11 Å². The fourth-order valence-corrected chi connectivity index (χ4v) is 0.745. The molecule has 0 atom stereocenters. The van der Waals surface area contributed by atoms with Crippen LogP contribution in [-0.4, -0.2) is 23.8 Å². The summed E-state index contributed by atoms with van der Waals surface area (Å²) in [5.41, 5.74) is 0. The van der Waals surface area contributed by atoms with E-state index in [0.717, 1.165) is 13.0 Å². The van der Waals surface area contributed by atoms with Gasteiger partial charge < -0.3 is 14.6 Å². The number of aromatic nitrogens is 2. The first-order chi connectivity index (χ1) is 5.86. The molecule has 0 spiro atoms. The normalized spacial score (nSPS) is 10.2. The summed E-state index contributed by atoms with van der Waals surface area (Å²) in [5, 5.41) is 6.66. The predicted molar refractivity (Wildman–Crippen MR) is 43.8 cm³/mol. The Kier molecular flexibility index (Phi) is 3.53. The Bertz CT molecular complexity index is 224. The molecule has 0 bridgehead atoms. The molecule has 0 radical (unpaired) electrons. The topological polar surface area (TPSA) is 60.2 Å². The van der Waals surface area contributed by atoms with Gasteiger partial charge in [-0.25, -0.2) is 0 Å². The number of hydrogen-bond acceptors (Lipinski definition) is 5. The fourth-order valence-electron chi connectivity index (χ4n) is 0.745. The van der Waals surface area contributed by atoms with Gasteiger partial charge in [0.25, 0.3) is 0 Å². The molecule has 0 unspecified atom stereocenters. The van der Waals surface area contributed by atoms with Gasteiger partial charge >= 0.3 is 6.01 Å². The number of hydrogen-bond donors (Lipinski definition) is 1. The van der Waals surface area contributed by atoms with Crippen molar-refractivity contribution < 1.29 is 9.26 Å². The van der Waals surface area contributed by atoms with Crippen LogP contribution in [0.4, 0.5) is 6.01 Å². The highest BCUT2D eigenvalue weighted by molar-refractivity contribution is 5.17. The first-order valence-corrected chi connectivity index (χ1v) is 3.92. The zero-order valence-electron chi connectivity index (χ0n) is 7.33. The summed E-state index contributed by atoms with van der Waals surface area (Å²) in [6.45, 7) is 3.30. The van der Waals surface area contributed by atoms with E-state index >= 15 is 0 Å². The van der Waals surface area contributed by atoms with Gasteiger partial charge in [0.2, 0.25) is 0 Å². The summed E-state index contributed by atoms with van der Waals surface area (Å²) in [5.74, 6) is 0.566. The molecule has 0 saturated carbocycles. The second-order valence-electron chi connectivity index (χ2n) is 2.38. The van der Waals surface area contributed by atoms with Crippen molar-refractivity contribution in [1.82, 2.24) is 10.1 Å². The second kappa shape index (κ2) is 4.71. The highest BCUT2D eigenvalue weighted by Gasteiger charge is 2.03. The first kappa shape index (κ1) is 8.99. The van der Waals surface area contributed by atoms with E-state index in [1.165, 1.54) is 0 Å².